The maximum atomic E-state index is 12.8. The van der Waals surface area contributed by atoms with E-state index in [1.165, 1.54) is 0 Å². The number of likely N-dealkylation sites (tertiary alicyclic amines) is 1. The van der Waals surface area contributed by atoms with E-state index in [1.807, 2.05) is 17.0 Å². The largest absolute Gasteiger partial charge is 0.492 e. The summed E-state index contributed by atoms with van der Waals surface area (Å²) in [5.74, 6) is 1.44. The average molecular weight is 484 g/mol. The number of anilines is 1. The number of rotatable bonds is 5. The predicted octanol–water partition coefficient (Wildman–Crippen LogP) is 2.16. The first kappa shape index (κ1) is 22.6. The van der Waals surface area contributed by atoms with E-state index < -0.39 is 10.0 Å². The molecule has 0 unspecified atom stereocenters. The number of benzene rings is 1. The van der Waals surface area contributed by atoms with Crippen molar-refractivity contribution >= 4 is 27.6 Å². The molecule has 5 rings (SSSR count). The average Bonchev–Trinajstić information content (AvgIpc) is 3.36. The van der Waals surface area contributed by atoms with Gasteiger partial charge < -0.3 is 20.3 Å². The number of ether oxygens (including phenoxy) is 1. The van der Waals surface area contributed by atoms with Gasteiger partial charge in [-0.1, -0.05) is 18.2 Å². The minimum atomic E-state index is -3.58. The highest BCUT2D eigenvalue weighted by Gasteiger charge is 2.27. The molecule has 10 heteroatoms. The number of carbonyl (C=O) groups is 1. The fraction of sp³-hybridized carbons (Fsp3) is 0.458. The van der Waals surface area contributed by atoms with Crippen LogP contribution in [-0.2, 0) is 15.8 Å². The molecular formula is C24H29N5O4S. The van der Waals surface area contributed by atoms with Crippen LogP contribution >= 0.6 is 0 Å². The molecule has 2 saturated heterocycles. The van der Waals surface area contributed by atoms with Crippen LogP contribution in [0.2, 0.25) is 0 Å². The van der Waals surface area contributed by atoms with Gasteiger partial charge >= 0.3 is 0 Å². The van der Waals surface area contributed by atoms with Crippen LogP contribution in [0.3, 0.4) is 0 Å². The Hall–Kier alpha value is -3.14. The number of hydrogen-bond acceptors (Lipinski definition) is 7. The number of nitrogens with two attached hydrogens (primary N) is 1. The van der Waals surface area contributed by atoms with Crippen molar-refractivity contribution < 1.29 is 17.9 Å². The molecule has 34 heavy (non-hydrogen) atoms. The molecule has 2 aromatic rings. The summed E-state index contributed by atoms with van der Waals surface area (Å²) in [7, 11) is -3.58. The highest BCUT2D eigenvalue weighted by atomic mass is 32.2. The third-order valence-electron chi connectivity index (χ3n) is 6.61. The third kappa shape index (κ3) is 4.72. The number of carbonyl (C=O) groups excluding carboxylic acids is 1. The van der Waals surface area contributed by atoms with Gasteiger partial charge in [0, 0.05) is 32.1 Å². The zero-order chi connectivity index (χ0) is 23.7. The monoisotopic (exact) mass is 483 g/mol. The Morgan fingerprint density at radius 1 is 1.09 bits per heavy atom. The zero-order valence-corrected chi connectivity index (χ0v) is 19.8. The van der Waals surface area contributed by atoms with Crippen molar-refractivity contribution in [3.63, 3.8) is 0 Å². The molecule has 0 spiro atoms. The smallest absolute Gasteiger partial charge is 0.272 e. The van der Waals surface area contributed by atoms with Crippen molar-refractivity contribution in [2.45, 2.75) is 31.4 Å². The van der Waals surface area contributed by atoms with E-state index in [0.29, 0.717) is 29.2 Å². The summed E-state index contributed by atoms with van der Waals surface area (Å²) in [6.07, 6.45) is 4.11. The number of nitrogens with zero attached hydrogens (tertiary/aromatic N) is 4. The molecule has 3 aliphatic rings. The van der Waals surface area contributed by atoms with Crippen molar-refractivity contribution in [1.82, 2.24) is 9.88 Å². The summed E-state index contributed by atoms with van der Waals surface area (Å²) in [6.45, 7) is 3.72. The van der Waals surface area contributed by atoms with Crippen LogP contribution in [0.4, 0.5) is 5.82 Å². The Labute approximate surface area is 199 Å². The van der Waals surface area contributed by atoms with E-state index >= 15 is 0 Å². The molecule has 2 N–H and O–H groups in total. The van der Waals surface area contributed by atoms with Crippen molar-refractivity contribution in [3.8, 4) is 5.75 Å². The Balaban J connectivity index is 1.26. The van der Waals surface area contributed by atoms with Crippen LogP contribution in [0.25, 0.3) is 0 Å². The molecule has 2 fully saturated rings. The van der Waals surface area contributed by atoms with Crippen LogP contribution < -0.4 is 15.4 Å². The number of amides is 1. The fourth-order valence-electron chi connectivity index (χ4n) is 4.95. The molecule has 9 nitrogen and oxygen atoms in total. The van der Waals surface area contributed by atoms with E-state index in [9.17, 15) is 13.2 Å². The molecule has 0 radical (unpaired) electrons. The summed E-state index contributed by atoms with van der Waals surface area (Å²) >= 11 is 0. The second kappa shape index (κ2) is 9.25. The molecule has 0 bridgehead atoms. The first-order valence-electron chi connectivity index (χ1n) is 11.7. The predicted molar refractivity (Wildman–Crippen MR) is 130 cm³/mol. The SMILES string of the molecule is NC1=NS(=O)(=O)Cc2cccc(OC[C@H]3CCCN(c4cccc(C(=O)N5CCCC5)n4)C3)c21. The summed E-state index contributed by atoms with van der Waals surface area (Å²) < 4.78 is 33.6. The minimum Gasteiger partial charge on any atom is -0.492 e. The van der Waals surface area contributed by atoms with Crippen molar-refractivity contribution in [2.24, 2.45) is 16.0 Å². The second-order valence-corrected chi connectivity index (χ2v) is 10.8. The number of hydrogen-bond donors (Lipinski definition) is 1. The van der Waals surface area contributed by atoms with E-state index in [4.69, 9.17) is 10.5 Å². The summed E-state index contributed by atoms with van der Waals surface area (Å²) in [5.41, 5.74) is 7.63. The van der Waals surface area contributed by atoms with Crippen LogP contribution in [0.1, 0.15) is 47.3 Å². The lowest BCUT2D eigenvalue weighted by atomic mass is 9.98. The number of piperidine rings is 1. The normalized spacial score (nSPS) is 21.6. The molecule has 4 heterocycles. The molecule has 1 aromatic heterocycles. The van der Waals surface area contributed by atoms with E-state index in [0.717, 1.165) is 57.7 Å². The van der Waals surface area contributed by atoms with Crippen molar-refractivity contribution in [1.29, 1.82) is 0 Å². The number of amidine groups is 1. The summed E-state index contributed by atoms with van der Waals surface area (Å²) in [4.78, 5) is 21.5. The van der Waals surface area contributed by atoms with E-state index in [2.05, 4.69) is 14.3 Å². The van der Waals surface area contributed by atoms with Gasteiger partial charge in [-0.25, -0.2) is 13.4 Å². The van der Waals surface area contributed by atoms with Crippen LogP contribution in [0.15, 0.2) is 40.8 Å². The van der Waals surface area contributed by atoms with Crippen LogP contribution in [0.5, 0.6) is 5.75 Å². The standard InChI is InChI=1S/C24H29N5O4S/c25-23-22-18(16-34(31,32)27-23)7-3-9-20(22)33-15-17-6-5-13-29(14-17)21-10-4-8-19(26-21)24(30)28-11-1-2-12-28/h3-4,7-10,17H,1-2,5-6,11-16H2,(H2,25,27)/t17-/m0/s1. The maximum Gasteiger partial charge on any atom is 0.272 e. The number of pyridine rings is 1. The van der Waals surface area contributed by atoms with Crippen LogP contribution in [-0.4, -0.2) is 62.8 Å². The third-order valence-corrected chi connectivity index (χ3v) is 7.76. The van der Waals surface area contributed by atoms with Gasteiger partial charge in [0.2, 0.25) is 0 Å². The Morgan fingerprint density at radius 2 is 1.88 bits per heavy atom. The van der Waals surface area contributed by atoms with Crippen LogP contribution in [0, 0.1) is 5.92 Å². The molecule has 3 aliphatic heterocycles. The highest BCUT2D eigenvalue weighted by Crippen LogP contribution is 2.29. The number of fused-ring (bicyclic) bond motifs is 1. The molecular weight excluding hydrogens is 454 g/mol. The summed E-state index contributed by atoms with van der Waals surface area (Å²) in [6, 6.07) is 11.0. The van der Waals surface area contributed by atoms with Gasteiger partial charge in [-0.3, -0.25) is 4.79 Å². The van der Waals surface area contributed by atoms with Gasteiger partial charge in [-0.05, 0) is 49.4 Å². The lowest BCUT2D eigenvalue weighted by Crippen LogP contribution is -2.38. The lowest BCUT2D eigenvalue weighted by Gasteiger charge is -2.34. The molecule has 1 atom stereocenters. The number of aromatic nitrogens is 1. The van der Waals surface area contributed by atoms with Gasteiger partial charge in [-0.2, -0.15) is 0 Å². The quantitative estimate of drug-likeness (QED) is 0.692. The van der Waals surface area contributed by atoms with Gasteiger partial charge in [0.25, 0.3) is 15.9 Å². The van der Waals surface area contributed by atoms with Crippen molar-refractivity contribution in [2.75, 3.05) is 37.7 Å². The molecule has 0 saturated carbocycles. The van der Waals surface area contributed by atoms with E-state index in [-0.39, 0.29) is 23.4 Å². The molecule has 0 aliphatic carbocycles. The summed E-state index contributed by atoms with van der Waals surface area (Å²) in [5, 5.41) is 0. The Kier molecular flexibility index (Phi) is 6.16. The minimum absolute atomic E-state index is 0.00589. The fourth-order valence-corrected chi connectivity index (χ4v) is 6.04. The Bertz CT molecular complexity index is 1220. The van der Waals surface area contributed by atoms with Gasteiger partial charge in [-0.15, -0.1) is 4.40 Å². The first-order valence-corrected chi connectivity index (χ1v) is 13.3. The van der Waals surface area contributed by atoms with E-state index in [1.54, 1.807) is 24.3 Å². The first-order chi connectivity index (χ1) is 16.4. The van der Waals surface area contributed by atoms with Gasteiger partial charge in [0.1, 0.15) is 23.1 Å². The Morgan fingerprint density at radius 3 is 2.71 bits per heavy atom. The second-order valence-electron chi connectivity index (χ2n) is 9.14. The van der Waals surface area contributed by atoms with Crippen molar-refractivity contribution in [3.05, 3.63) is 53.2 Å². The molecule has 1 amide bonds. The van der Waals surface area contributed by atoms with Gasteiger partial charge in [0.15, 0.2) is 0 Å². The number of sulfonamides is 1. The zero-order valence-electron chi connectivity index (χ0n) is 19.0. The van der Waals surface area contributed by atoms with Gasteiger partial charge in [0.05, 0.1) is 17.9 Å². The maximum absolute atomic E-state index is 12.8. The molecule has 1 aromatic carbocycles. The highest BCUT2D eigenvalue weighted by molar-refractivity contribution is 7.89. The molecule has 180 valence electrons. The topological polar surface area (TPSA) is 118 Å². The lowest BCUT2D eigenvalue weighted by molar-refractivity contribution is 0.0787.